The lowest BCUT2D eigenvalue weighted by Crippen LogP contribution is -2.29. The van der Waals surface area contributed by atoms with Crippen LogP contribution in [-0.2, 0) is 12.8 Å². The van der Waals surface area contributed by atoms with Crippen molar-refractivity contribution in [1.82, 2.24) is 4.98 Å². The molecule has 0 radical (unpaired) electrons. The summed E-state index contributed by atoms with van der Waals surface area (Å²) in [6.07, 6.45) is 3.15. The lowest BCUT2D eigenvalue weighted by atomic mass is 9.94. The molecule has 0 saturated carbocycles. The number of Topliss-reactive ketones (excluding diaryl/α,β-unsaturated/α-hetero) is 1. The smallest absolute Gasteiger partial charge is 0.275 e. The van der Waals surface area contributed by atoms with Gasteiger partial charge in [0, 0.05) is 34.4 Å². The van der Waals surface area contributed by atoms with Crippen molar-refractivity contribution in [2.24, 2.45) is 0 Å². The number of hydrogen-bond donors (Lipinski definition) is 1. The Kier molecular flexibility index (Phi) is 3.41. The number of carbonyl (C=O) groups excluding carboxylic acids is 2. The number of halogens is 1. The molecule has 0 atom stereocenters. The second-order valence-corrected chi connectivity index (χ2v) is 7.15. The Labute approximate surface area is 143 Å². The fourth-order valence-electron chi connectivity index (χ4n) is 3.70. The summed E-state index contributed by atoms with van der Waals surface area (Å²) in [7, 11) is 0. The van der Waals surface area contributed by atoms with Crippen molar-refractivity contribution in [1.29, 1.82) is 0 Å². The number of benzene rings is 1. The lowest BCUT2D eigenvalue weighted by molar-refractivity contribution is 0.0970. The highest BCUT2D eigenvalue weighted by Crippen LogP contribution is 2.33. The zero-order chi connectivity index (χ0) is 16.1. The Bertz CT molecular complexity index is 838. The molecule has 2 aromatic rings. The zero-order valence-corrected chi connectivity index (χ0v) is 14.5. The molecule has 0 saturated heterocycles. The fraction of sp³-hybridized carbons (Fsp3) is 0.333. The molecule has 0 bridgehead atoms. The average molecular weight is 373 g/mol. The van der Waals surface area contributed by atoms with Crippen LogP contribution in [0.3, 0.4) is 0 Å². The first-order chi connectivity index (χ1) is 11.1. The van der Waals surface area contributed by atoms with Gasteiger partial charge in [0.2, 0.25) is 0 Å². The van der Waals surface area contributed by atoms with E-state index in [0.29, 0.717) is 18.7 Å². The molecule has 2 aliphatic rings. The summed E-state index contributed by atoms with van der Waals surface area (Å²) in [5.74, 6) is 0.121. The summed E-state index contributed by atoms with van der Waals surface area (Å²) in [6, 6.07) is 6.01. The predicted molar refractivity (Wildman–Crippen MR) is 92.3 cm³/mol. The number of nitrogens with zero attached hydrogens (tertiary/aromatic N) is 1. The van der Waals surface area contributed by atoms with Crippen LogP contribution in [0.1, 0.15) is 50.5 Å². The Hall–Kier alpha value is -1.88. The number of hydrogen-bond acceptors (Lipinski definition) is 2. The van der Waals surface area contributed by atoms with Gasteiger partial charge in [0.25, 0.3) is 5.91 Å². The minimum Gasteiger partial charge on any atom is -0.354 e. The maximum atomic E-state index is 13.0. The van der Waals surface area contributed by atoms with E-state index in [1.165, 1.54) is 5.56 Å². The van der Waals surface area contributed by atoms with E-state index in [2.05, 4.69) is 27.0 Å². The van der Waals surface area contributed by atoms with E-state index in [1.54, 1.807) is 0 Å². The second kappa shape index (κ2) is 5.34. The van der Waals surface area contributed by atoms with Crippen LogP contribution >= 0.6 is 15.9 Å². The molecule has 5 heteroatoms. The first kappa shape index (κ1) is 14.7. The highest BCUT2D eigenvalue weighted by Gasteiger charge is 2.31. The summed E-state index contributed by atoms with van der Waals surface area (Å²) >= 11 is 3.48. The van der Waals surface area contributed by atoms with Crippen molar-refractivity contribution in [3.8, 4) is 0 Å². The van der Waals surface area contributed by atoms with Gasteiger partial charge < -0.3 is 9.88 Å². The first-order valence-electron chi connectivity index (χ1n) is 7.91. The Balaban J connectivity index is 1.73. The van der Waals surface area contributed by atoms with Gasteiger partial charge >= 0.3 is 0 Å². The van der Waals surface area contributed by atoms with E-state index in [0.717, 1.165) is 46.2 Å². The van der Waals surface area contributed by atoms with Gasteiger partial charge in [-0.1, -0.05) is 15.9 Å². The van der Waals surface area contributed by atoms with Crippen LogP contribution < -0.4 is 4.90 Å². The van der Waals surface area contributed by atoms with Gasteiger partial charge in [-0.05, 0) is 55.5 Å². The van der Waals surface area contributed by atoms with Crippen molar-refractivity contribution >= 4 is 33.3 Å². The number of H-pyrrole nitrogens is 1. The number of amides is 1. The van der Waals surface area contributed by atoms with Crippen LogP contribution in [-0.4, -0.2) is 23.2 Å². The third kappa shape index (κ3) is 2.26. The standard InChI is InChI=1S/C18H17BrN2O2/c1-10-16-13(3-2-4-15(16)22)20-17(10)18(23)21-8-7-11-9-12(19)5-6-14(11)21/h5-6,9,20H,2-4,7-8H2,1H3. The molecule has 0 unspecified atom stereocenters. The van der Waals surface area contributed by atoms with Crippen LogP contribution in [0.25, 0.3) is 0 Å². The van der Waals surface area contributed by atoms with Crippen LogP contribution in [0.2, 0.25) is 0 Å². The number of rotatable bonds is 1. The minimum absolute atomic E-state index is 0.0363. The summed E-state index contributed by atoms with van der Waals surface area (Å²) in [6.45, 7) is 2.56. The molecule has 4 rings (SSSR count). The third-order valence-electron chi connectivity index (χ3n) is 4.83. The van der Waals surface area contributed by atoms with Crippen molar-refractivity contribution in [3.05, 3.63) is 50.8 Å². The van der Waals surface area contributed by atoms with Gasteiger partial charge in [-0.25, -0.2) is 0 Å². The molecular weight excluding hydrogens is 356 g/mol. The number of aromatic nitrogens is 1. The topological polar surface area (TPSA) is 53.2 Å². The maximum Gasteiger partial charge on any atom is 0.275 e. The molecule has 23 heavy (non-hydrogen) atoms. The van der Waals surface area contributed by atoms with E-state index < -0.39 is 0 Å². The van der Waals surface area contributed by atoms with Gasteiger partial charge in [0.15, 0.2) is 5.78 Å². The summed E-state index contributed by atoms with van der Waals surface area (Å²) < 4.78 is 1.03. The van der Waals surface area contributed by atoms with Gasteiger partial charge in [0.1, 0.15) is 5.69 Å². The lowest BCUT2D eigenvalue weighted by Gasteiger charge is -2.17. The molecule has 118 valence electrons. The Morgan fingerprint density at radius 2 is 2.09 bits per heavy atom. The summed E-state index contributed by atoms with van der Waals surface area (Å²) in [4.78, 5) is 30.2. The molecule has 1 aromatic heterocycles. The fourth-order valence-corrected chi connectivity index (χ4v) is 4.11. The SMILES string of the molecule is Cc1c(C(=O)N2CCc3cc(Br)ccc32)[nH]c2c1C(=O)CCC2. The Morgan fingerprint density at radius 3 is 2.87 bits per heavy atom. The van der Waals surface area contributed by atoms with Gasteiger partial charge in [-0.15, -0.1) is 0 Å². The number of aromatic amines is 1. The highest BCUT2D eigenvalue weighted by atomic mass is 79.9. The summed E-state index contributed by atoms with van der Waals surface area (Å²) in [5, 5.41) is 0. The first-order valence-corrected chi connectivity index (χ1v) is 8.70. The van der Waals surface area contributed by atoms with E-state index in [4.69, 9.17) is 0 Å². The highest BCUT2D eigenvalue weighted by molar-refractivity contribution is 9.10. The molecule has 0 fully saturated rings. The molecule has 1 N–H and O–H groups in total. The molecular formula is C18H17BrN2O2. The Morgan fingerprint density at radius 1 is 1.26 bits per heavy atom. The number of anilines is 1. The van der Waals surface area contributed by atoms with Crippen molar-refractivity contribution in [3.63, 3.8) is 0 Å². The molecule has 0 spiro atoms. The molecule has 1 aliphatic carbocycles. The van der Waals surface area contributed by atoms with E-state index in [1.807, 2.05) is 24.0 Å². The number of aryl methyl sites for hydroxylation is 1. The molecule has 2 heterocycles. The van der Waals surface area contributed by atoms with E-state index in [-0.39, 0.29) is 11.7 Å². The van der Waals surface area contributed by atoms with E-state index >= 15 is 0 Å². The predicted octanol–water partition coefficient (Wildman–Crippen LogP) is 3.81. The summed E-state index contributed by atoms with van der Waals surface area (Å²) in [5.41, 5.74) is 5.20. The quantitative estimate of drug-likeness (QED) is 0.827. The van der Waals surface area contributed by atoms with Gasteiger partial charge in [-0.3, -0.25) is 9.59 Å². The van der Waals surface area contributed by atoms with Crippen LogP contribution in [0.4, 0.5) is 5.69 Å². The second-order valence-electron chi connectivity index (χ2n) is 6.24. The minimum atomic E-state index is -0.0363. The van der Waals surface area contributed by atoms with Crippen LogP contribution in [0.5, 0.6) is 0 Å². The zero-order valence-electron chi connectivity index (χ0n) is 12.9. The monoisotopic (exact) mass is 372 g/mol. The van der Waals surface area contributed by atoms with Gasteiger partial charge in [0.05, 0.1) is 0 Å². The van der Waals surface area contributed by atoms with E-state index in [9.17, 15) is 9.59 Å². The van der Waals surface area contributed by atoms with Crippen molar-refractivity contribution in [2.45, 2.75) is 32.6 Å². The molecule has 1 amide bonds. The molecule has 1 aliphatic heterocycles. The van der Waals surface area contributed by atoms with Crippen LogP contribution in [0, 0.1) is 6.92 Å². The van der Waals surface area contributed by atoms with Crippen molar-refractivity contribution in [2.75, 3.05) is 11.4 Å². The normalized spacial score (nSPS) is 16.4. The molecule has 1 aromatic carbocycles. The molecule has 4 nitrogen and oxygen atoms in total. The largest absolute Gasteiger partial charge is 0.354 e. The van der Waals surface area contributed by atoms with Crippen LogP contribution in [0.15, 0.2) is 22.7 Å². The number of fused-ring (bicyclic) bond motifs is 2. The number of ketones is 1. The number of carbonyl (C=O) groups is 2. The maximum absolute atomic E-state index is 13.0. The average Bonchev–Trinajstić information content (AvgIpc) is 3.08. The van der Waals surface area contributed by atoms with Gasteiger partial charge in [-0.2, -0.15) is 0 Å². The van der Waals surface area contributed by atoms with Crippen molar-refractivity contribution < 1.29 is 9.59 Å². The third-order valence-corrected chi connectivity index (χ3v) is 5.33. The number of nitrogens with one attached hydrogen (secondary N) is 1.